The first-order valence-electron chi connectivity index (χ1n) is 10.8. The van der Waals surface area contributed by atoms with E-state index in [1.54, 1.807) is 18.2 Å². The number of nitrogens with zero attached hydrogens (tertiary/aromatic N) is 2. The Labute approximate surface area is 206 Å². The number of halogens is 2. The number of hydrogen-bond acceptors (Lipinski definition) is 5. The van der Waals surface area contributed by atoms with E-state index in [2.05, 4.69) is 31.8 Å². The summed E-state index contributed by atoms with van der Waals surface area (Å²) in [4.78, 5) is 17.5. The fraction of sp³-hybridized carbons (Fsp3) is 0.192. The SMILES string of the molecule is O=C1/C(=C/c2ccccc2Br)Oc2c1ccc(O)c2CN1CCN(c2cccc(Cl)c2)CC1. The minimum absolute atomic E-state index is 0.140. The normalized spacial score (nSPS) is 17.3. The number of piperazine rings is 1. The summed E-state index contributed by atoms with van der Waals surface area (Å²) in [6, 6.07) is 18.7. The van der Waals surface area contributed by atoms with Gasteiger partial charge in [0.15, 0.2) is 5.76 Å². The summed E-state index contributed by atoms with van der Waals surface area (Å²) >= 11 is 9.65. The van der Waals surface area contributed by atoms with Crippen molar-refractivity contribution < 1.29 is 14.6 Å². The molecule has 2 aliphatic rings. The van der Waals surface area contributed by atoms with Gasteiger partial charge in [-0.1, -0.05) is 51.8 Å². The molecule has 1 N–H and O–H groups in total. The Kier molecular flexibility index (Phi) is 6.15. The summed E-state index contributed by atoms with van der Waals surface area (Å²) < 4.78 is 6.89. The lowest BCUT2D eigenvalue weighted by Gasteiger charge is -2.36. The highest BCUT2D eigenvalue weighted by Crippen LogP contribution is 2.40. The Morgan fingerprint density at radius 3 is 2.58 bits per heavy atom. The molecule has 0 aliphatic carbocycles. The summed E-state index contributed by atoms with van der Waals surface area (Å²) in [6.07, 6.45) is 1.73. The number of fused-ring (bicyclic) bond motifs is 1. The maximum Gasteiger partial charge on any atom is 0.231 e. The van der Waals surface area contributed by atoms with Crippen molar-refractivity contribution in [1.29, 1.82) is 0 Å². The van der Waals surface area contributed by atoms with Crippen LogP contribution in [0.1, 0.15) is 21.5 Å². The maximum atomic E-state index is 13.0. The molecule has 1 fully saturated rings. The molecule has 2 aliphatic heterocycles. The lowest BCUT2D eigenvalue weighted by atomic mass is 10.0. The summed E-state index contributed by atoms with van der Waals surface area (Å²) in [5.74, 6) is 0.679. The molecule has 0 saturated carbocycles. The Morgan fingerprint density at radius 2 is 1.82 bits per heavy atom. The van der Waals surface area contributed by atoms with Gasteiger partial charge in [-0.25, -0.2) is 0 Å². The van der Waals surface area contributed by atoms with Gasteiger partial charge in [0.25, 0.3) is 0 Å². The van der Waals surface area contributed by atoms with Crippen molar-refractivity contribution in [3.8, 4) is 11.5 Å². The smallest absolute Gasteiger partial charge is 0.231 e. The molecule has 1 saturated heterocycles. The van der Waals surface area contributed by atoms with Crippen LogP contribution in [0.2, 0.25) is 5.02 Å². The van der Waals surface area contributed by atoms with Crippen LogP contribution in [0.5, 0.6) is 11.5 Å². The fourth-order valence-electron chi connectivity index (χ4n) is 4.24. The van der Waals surface area contributed by atoms with Crippen LogP contribution >= 0.6 is 27.5 Å². The van der Waals surface area contributed by atoms with Gasteiger partial charge in [0.05, 0.1) is 11.1 Å². The number of carbonyl (C=O) groups is 1. The number of anilines is 1. The first kappa shape index (κ1) is 22.0. The maximum absolute atomic E-state index is 13.0. The van der Waals surface area contributed by atoms with Crippen molar-refractivity contribution >= 4 is 45.1 Å². The van der Waals surface area contributed by atoms with E-state index in [1.807, 2.05) is 42.5 Å². The van der Waals surface area contributed by atoms with E-state index in [4.69, 9.17) is 16.3 Å². The van der Waals surface area contributed by atoms with Crippen LogP contribution in [0.25, 0.3) is 6.08 Å². The van der Waals surface area contributed by atoms with Gasteiger partial charge in [-0.05, 0) is 48.0 Å². The summed E-state index contributed by atoms with van der Waals surface area (Å²) in [6.45, 7) is 3.85. The predicted octanol–water partition coefficient (Wildman–Crippen LogP) is 5.75. The molecule has 0 unspecified atom stereocenters. The van der Waals surface area contributed by atoms with E-state index in [1.165, 1.54) is 0 Å². The molecule has 5 nitrogen and oxygen atoms in total. The summed E-state index contributed by atoms with van der Waals surface area (Å²) in [5.41, 5.74) is 3.10. The quantitative estimate of drug-likeness (QED) is 0.440. The van der Waals surface area contributed by atoms with Gasteiger partial charge >= 0.3 is 0 Å². The van der Waals surface area contributed by atoms with Crippen molar-refractivity contribution in [1.82, 2.24) is 4.90 Å². The van der Waals surface area contributed by atoms with Gasteiger partial charge < -0.3 is 14.7 Å². The molecule has 0 amide bonds. The predicted molar refractivity (Wildman–Crippen MR) is 134 cm³/mol. The standard InChI is InChI=1S/C26H22BrClN2O3/c27-22-7-2-1-4-17(22)14-24-25(32)20-8-9-23(31)21(26(20)33-24)16-29-10-12-30(13-11-29)19-6-3-5-18(28)15-19/h1-9,14-15,31H,10-13,16H2/b24-14-. The number of rotatable bonds is 4. The van der Waals surface area contributed by atoms with Crippen LogP contribution in [0.3, 0.4) is 0 Å². The van der Waals surface area contributed by atoms with Crippen molar-refractivity contribution in [2.24, 2.45) is 0 Å². The van der Waals surface area contributed by atoms with Gasteiger partial charge in [0.1, 0.15) is 11.5 Å². The third-order valence-electron chi connectivity index (χ3n) is 6.04. The molecular formula is C26H22BrClN2O3. The van der Waals surface area contributed by atoms with Gasteiger partial charge in [0, 0.05) is 47.9 Å². The van der Waals surface area contributed by atoms with E-state index in [9.17, 15) is 9.90 Å². The third-order valence-corrected chi connectivity index (χ3v) is 6.99. The van der Waals surface area contributed by atoms with Crippen LogP contribution < -0.4 is 9.64 Å². The second kappa shape index (κ2) is 9.21. The van der Waals surface area contributed by atoms with E-state index < -0.39 is 0 Å². The number of ether oxygens (including phenoxy) is 1. The average molecular weight is 526 g/mol. The number of phenolic OH excluding ortho intramolecular Hbond substituents is 1. The minimum Gasteiger partial charge on any atom is -0.507 e. The number of hydrogen-bond donors (Lipinski definition) is 1. The van der Waals surface area contributed by atoms with Crippen molar-refractivity contribution in [3.63, 3.8) is 0 Å². The van der Waals surface area contributed by atoms with Crippen LogP contribution in [0.4, 0.5) is 5.69 Å². The second-order valence-corrected chi connectivity index (χ2v) is 9.44. The van der Waals surface area contributed by atoms with Crippen molar-refractivity contribution in [2.45, 2.75) is 6.54 Å². The summed E-state index contributed by atoms with van der Waals surface area (Å²) in [5, 5.41) is 11.3. The second-order valence-electron chi connectivity index (χ2n) is 8.14. The fourth-order valence-corrected chi connectivity index (χ4v) is 4.83. The molecule has 3 aromatic rings. The van der Waals surface area contributed by atoms with Gasteiger partial charge in [-0.15, -0.1) is 0 Å². The highest BCUT2D eigenvalue weighted by Gasteiger charge is 2.32. The molecular weight excluding hydrogens is 504 g/mol. The first-order valence-corrected chi connectivity index (χ1v) is 11.9. The average Bonchev–Trinajstić information content (AvgIpc) is 3.13. The summed E-state index contributed by atoms with van der Waals surface area (Å²) in [7, 11) is 0. The van der Waals surface area contributed by atoms with Crippen molar-refractivity contribution in [3.05, 3.63) is 92.6 Å². The monoisotopic (exact) mass is 524 g/mol. The number of benzene rings is 3. The molecule has 3 aromatic carbocycles. The van der Waals surface area contributed by atoms with Crippen LogP contribution in [-0.4, -0.2) is 42.0 Å². The number of carbonyl (C=O) groups excluding carboxylic acids is 1. The lowest BCUT2D eigenvalue weighted by molar-refractivity contribution is 0.101. The van der Waals surface area contributed by atoms with Gasteiger partial charge in [-0.3, -0.25) is 9.69 Å². The Morgan fingerprint density at radius 1 is 1.03 bits per heavy atom. The highest BCUT2D eigenvalue weighted by molar-refractivity contribution is 9.10. The van der Waals surface area contributed by atoms with E-state index >= 15 is 0 Å². The Bertz CT molecular complexity index is 1250. The molecule has 33 heavy (non-hydrogen) atoms. The van der Waals surface area contributed by atoms with Gasteiger partial charge in [0.2, 0.25) is 5.78 Å². The molecule has 7 heteroatoms. The van der Waals surface area contributed by atoms with E-state index in [-0.39, 0.29) is 17.3 Å². The highest BCUT2D eigenvalue weighted by atomic mass is 79.9. The number of aromatic hydroxyl groups is 1. The Balaban J connectivity index is 1.34. The van der Waals surface area contributed by atoms with Crippen molar-refractivity contribution in [2.75, 3.05) is 31.1 Å². The van der Waals surface area contributed by atoms with Crippen LogP contribution in [0.15, 0.2) is 70.9 Å². The molecule has 5 rings (SSSR count). The number of phenols is 1. The van der Waals surface area contributed by atoms with Gasteiger partial charge in [-0.2, -0.15) is 0 Å². The first-order chi connectivity index (χ1) is 16.0. The molecule has 0 radical (unpaired) electrons. The zero-order chi connectivity index (χ0) is 22.9. The van der Waals surface area contributed by atoms with E-state index in [0.29, 0.717) is 23.4 Å². The molecule has 0 atom stereocenters. The van der Waals surface area contributed by atoms with Crippen LogP contribution in [0, 0.1) is 0 Å². The molecule has 0 spiro atoms. The van der Waals surface area contributed by atoms with E-state index in [0.717, 1.165) is 46.9 Å². The molecule has 0 bridgehead atoms. The minimum atomic E-state index is -0.173. The molecule has 2 heterocycles. The molecule has 0 aromatic heterocycles. The van der Waals surface area contributed by atoms with Crippen LogP contribution in [-0.2, 0) is 6.54 Å². The number of ketones is 1. The lowest BCUT2D eigenvalue weighted by Crippen LogP contribution is -2.46. The Hall–Kier alpha value is -2.80. The third kappa shape index (κ3) is 4.51. The zero-order valence-electron chi connectivity index (χ0n) is 17.8. The molecule has 168 valence electrons. The number of allylic oxidation sites excluding steroid dienone is 1. The largest absolute Gasteiger partial charge is 0.507 e. The topological polar surface area (TPSA) is 53.0 Å². The number of Topliss-reactive ketones (excluding diaryl/α,β-unsaturated/α-hetero) is 1. The zero-order valence-corrected chi connectivity index (χ0v) is 20.1.